The Hall–Kier alpha value is -3.93. The molecule has 1 aliphatic rings. The quantitative estimate of drug-likeness (QED) is 0.0912. The summed E-state index contributed by atoms with van der Waals surface area (Å²) in [4.78, 5) is 0. The predicted octanol–water partition coefficient (Wildman–Crippen LogP) is 13.9. The summed E-state index contributed by atoms with van der Waals surface area (Å²) in [6, 6.07) is 38.1. The lowest BCUT2D eigenvalue weighted by Gasteiger charge is -2.41. The molecule has 0 amide bonds. The van der Waals surface area contributed by atoms with E-state index in [9.17, 15) is 0 Å². The average Bonchev–Trinajstić information content (AvgIpc) is 3.49. The molecule has 3 heteroatoms. The monoisotopic (exact) mass is 748 g/mol. The highest BCUT2D eigenvalue weighted by molar-refractivity contribution is 6.95. The average molecular weight is 749 g/mol. The van der Waals surface area contributed by atoms with Crippen LogP contribution in [0.1, 0.15) is 107 Å². The smallest absolute Gasteiger partial charge is 0.118 e. The third kappa shape index (κ3) is 7.27. The van der Waals surface area contributed by atoms with Gasteiger partial charge in [-0.05, 0) is 103 Å². The molecule has 0 aromatic heterocycles. The van der Waals surface area contributed by atoms with Gasteiger partial charge in [-0.2, -0.15) is 0 Å². The highest BCUT2D eigenvalue weighted by Crippen LogP contribution is 2.51. The van der Waals surface area contributed by atoms with Crippen LogP contribution < -0.4 is 15.1 Å². The van der Waals surface area contributed by atoms with Crippen molar-refractivity contribution >= 4 is 26.5 Å². The molecule has 0 bridgehead atoms. The Balaban J connectivity index is 1.58. The van der Waals surface area contributed by atoms with Crippen molar-refractivity contribution in [1.82, 2.24) is 0 Å². The van der Waals surface area contributed by atoms with Crippen molar-refractivity contribution in [3.63, 3.8) is 0 Å². The van der Waals surface area contributed by atoms with Crippen molar-refractivity contribution in [2.75, 3.05) is 6.61 Å². The summed E-state index contributed by atoms with van der Waals surface area (Å²) in [6.07, 6.45) is 4.21. The van der Waals surface area contributed by atoms with E-state index in [0.717, 1.165) is 18.6 Å². The highest BCUT2D eigenvalue weighted by Gasteiger charge is 2.46. The van der Waals surface area contributed by atoms with Gasteiger partial charge in [0, 0.05) is 5.54 Å². The van der Waals surface area contributed by atoms with Crippen LogP contribution >= 0.6 is 0 Å². The third-order valence-electron chi connectivity index (χ3n) is 13.4. The Bertz CT molecular complexity index is 2030. The van der Waals surface area contributed by atoms with Gasteiger partial charge in [0.1, 0.15) is 12.4 Å². The standard InChI is InChI=1S/C51H64OSi2/c1-14-29-52-49-47(30-34(4)31-48(49)54(12,13)51(7,8)9)53(10,11)50-45-32-41(39-21-17-37(18-22-39)35(5)15-2)25-27-43(45)44-28-26-42(33-46(44)50)40-23-19-38(20-24-40)36(6)16-3/h14,17-28,30-33,35-36,50H,1,15-16,29H2,2-13H3. The van der Waals surface area contributed by atoms with E-state index in [-0.39, 0.29) is 10.6 Å². The van der Waals surface area contributed by atoms with Crippen LogP contribution in [0.5, 0.6) is 5.75 Å². The lowest BCUT2D eigenvalue weighted by Crippen LogP contribution is -2.55. The molecule has 0 spiro atoms. The molecule has 6 rings (SSSR count). The Morgan fingerprint density at radius 3 is 1.48 bits per heavy atom. The molecule has 0 saturated heterocycles. The molecule has 0 aliphatic heterocycles. The molecule has 2 unspecified atom stereocenters. The van der Waals surface area contributed by atoms with Crippen LogP contribution in [0.4, 0.5) is 0 Å². The first-order valence-electron chi connectivity index (χ1n) is 20.4. The van der Waals surface area contributed by atoms with Gasteiger partial charge >= 0.3 is 0 Å². The number of rotatable bonds is 12. The van der Waals surface area contributed by atoms with Gasteiger partial charge < -0.3 is 4.74 Å². The Labute approximate surface area is 330 Å². The van der Waals surface area contributed by atoms with Crippen LogP contribution in [0.25, 0.3) is 33.4 Å². The van der Waals surface area contributed by atoms with E-state index in [1.807, 2.05) is 6.08 Å². The maximum atomic E-state index is 6.89. The van der Waals surface area contributed by atoms with Crippen molar-refractivity contribution < 1.29 is 4.74 Å². The summed E-state index contributed by atoms with van der Waals surface area (Å²) >= 11 is 0. The number of fused-ring (bicyclic) bond motifs is 3. The predicted molar refractivity (Wildman–Crippen MR) is 243 cm³/mol. The minimum absolute atomic E-state index is 0.168. The van der Waals surface area contributed by atoms with Gasteiger partial charge in [-0.1, -0.05) is 190 Å². The summed E-state index contributed by atoms with van der Waals surface area (Å²) in [5.41, 5.74) is 15.2. The number of hydrogen-bond acceptors (Lipinski definition) is 1. The fourth-order valence-electron chi connectivity index (χ4n) is 8.45. The fourth-order valence-corrected chi connectivity index (χ4v) is 14.5. The SMILES string of the molecule is C=CCOc1c([Si](C)(C)C2c3cc(-c4ccc(C(C)CC)cc4)ccc3-c3ccc(-c4ccc(C(C)CC)cc4)cc32)cc(C)cc1[Si](C)(C)C(C)(C)C. The van der Waals surface area contributed by atoms with Gasteiger partial charge in [-0.25, -0.2) is 0 Å². The molecule has 5 aromatic carbocycles. The third-order valence-corrected chi connectivity index (χ3v) is 22.7. The molecular weight excluding hydrogens is 685 g/mol. The molecule has 0 saturated carbocycles. The normalized spacial score (nSPS) is 15.4. The van der Waals surface area contributed by atoms with Gasteiger partial charge in [0.25, 0.3) is 0 Å². The Kier molecular flexibility index (Phi) is 11.3. The molecule has 1 nitrogen and oxygen atoms in total. The van der Waals surface area contributed by atoms with Crippen LogP contribution in [0.15, 0.2) is 110 Å². The van der Waals surface area contributed by atoms with E-state index in [4.69, 9.17) is 4.74 Å². The molecule has 0 N–H and O–H groups in total. The minimum atomic E-state index is -2.39. The minimum Gasteiger partial charge on any atom is -0.490 e. The molecule has 0 heterocycles. The van der Waals surface area contributed by atoms with Crippen molar-refractivity contribution in [1.29, 1.82) is 0 Å². The summed E-state index contributed by atoms with van der Waals surface area (Å²) < 4.78 is 6.89. The number of benzene rings is 5. The van der Waals surface area contributed by atoms with Crippen LogP contribution in [0, 0.1) is 6.92 Å². The van der Waals surface area contributed by atoms with Crippen LogP contribution in [0.2, 0.25) is 31.2 Å². The van der Waals surface area contributed by atoms with Gasteiger partial charge in [0.15, 0.2) is 0 Å². The number of ether oxygens (including phenoxy) is 1. The Morgan fingerprint density at radius 1 is 0.648 bits per heavy atom. The number of aryl methyl sites for hydroxylation is 1. The van der Waals surface area contributed by atoms with Crippen molar-refractivity contribution in [2.24, 2.45) is 0 Å². The molecule has 5 aromatic rings. The molecule has 282 valence electrons. The maximum Gasteiger partial charge on any atom is 0.118 e. The second-order valence-corrected chi connectivity index (χ2v) is 28.1. The fraction of sp³-hybridized carbons (Fsp3) is 0.373. The molecule has 2 atom stereocenters. The van der Waals surface area contributed by atoms with E-state index >= 15 is 0 Å². The largest absolute Gasteiger partial charge is 0.490 e. The van der Waals surface area contributed by atoms with Crippen LogP contribution in [-0.2, 0) is 0 Å². The molecule has 0 radical (unpaired) electrons. The molecule has 0 fully saturated rings. The number of hydrogen-bond donors (Lipinski definition) is 0. The first-order valence-corrected chi connectivity index (χ1v) is 26.5. The van der Waals surface area contributed by atoms with Crippen molar-refractivity contribution in [3.8, 4) is 39.1 Å². The van der Waals surface area contributed by atoms with Gasteiger partial charge in [-0.3, -0.25) is 0 Å². The first kappa shape index (κ1) is 39.8. The van der Waals surface area contributed by atoms with Crippen LogP contribution in [-0.4, -0.2) is 22.8 Å². The zero-order chi connectivity index (χ0) is 39.2. The van der Waals surface area contributed by atoms with Gasteiger partial charge in [-0.15, -0.1) is 0 Å². The van der Waals surface area contributed by atoms with E-state index in [1.54, 1.807) is 0 Å². The van der Waals surface area contributed by atoms with Crippen molar-refractivity contribution in [3.05, 3.63) is 138 Å². The maximum absolute atomic E-state index is 6.89. The summed E-state index contributed by atoms with van der Waals surface area (Å²) in [6.45, 7) is 33.6. The van der Waals surface area contributed by atoms with E-state index in [2.05, 4.69) is 185 Å². The van der Waals surface area contributed by atoms with Gasteiger partial charge in [0.05, 0.1) is 16.1 Å². The van der Waals surface area contributed by atoms with Gasteiger partial charge in [0.2, 0.25) is 0 Å². The van der Waals surface area contributed by atoms with E-state index in [0.29, 0.717) is 18.4 Å². The highest BCUT2D eigenvalue weighted by atomic mass is 28.3. The molecule has 54 heavy (non-hydrogen) atoms. The Morgan fingerprint density at radius 2 is 1.07 bits per heavy atom. The lowest BCUT2D eigenvalue weighted by atomic mass is 9.94. The van der Waals surface area contributed by atoms with Crippen molar-refractivity contribution in [2.45, 2.75) is 117 Å². The topological polar surface area (TPSA) is 9.23 Å². The molecular formula is C51H64OSi2. The lowest BCUT2D eigenvalue weighted by molar-refractivity contribution is 0.368. The second kappa shape index (κ2) is 15.3. The summed E-state index contributed by atoms with van der Waals surface area (Å²) in [7, 11) is -4.36. The summed E-state index contributed by atoms with van der Waals surface area (Å²) in [5, 5.41) is 3.04. The van der Waals surface area contributed by atoms with E-state index < -0.39 is 16.1 Å². The zero-order valence-electron chi connectivity index (χ0n) is 35.3. The second-order valence-electron chi connectivity index (χ2n) is 18.3. The zero-order valence-corrected chi connectivity index (χ0v) is 37.3. The first-order chi connectivity index (χ1) is 25.5. The summed E-state index contributed by atoms with van der Waals surface area (Å²) in [5.74, 6) is 2.26. The van der Waals surface area contributed by atoms with E-state index in [1.165, 1.54) is 71.6 Å². The molecule has 1 aliphatic carbocycles. The van der Waals surface area contributed by atoms with Crippen LogP contribution in [0.3, 0.4) is 0 Å².